The third-order valence-electron chi connectivity index (χ3n) is 2.86. The lowest BCUT2D eigenvalue weighted by molar-refractivity contribution is 0.0707. The molecule has 76 valence electrons. The molecule has 13 heavy (non-hydrogen) atoms. The number of hydrogen-bond acceptors (Lipinski definition) is 3. The van der Waals surface area contributed by atoms with Crippen molar-refractivity contribution < 1.29 is 13.6 Å². The van der Waals surface area contributed by atoms with Crippen LogP contribution < -0.4 is 0 Å². The molecule has 0 unspecified atom stereocenters. The zero-order valence-corrected chi connectivity index (χ0v) is 9.39. The lowest BCUT2D eigenvalue weighted by atomic mass is 10.1. The van der Waals surface area contributed by atoms with Gasteiger partial charge in [0.1, 0.15) is 0 Å². The maximum absolute atomic E-state index is 12.1. The average molecular weight is 204 g/mol. The summed E-state index contributed by atoms with van der Waals surface area (Å²) < 4.78 is 23.0. The fourth-order valence-corrected chi connectivity index (χ4v) is 3.11. The van der Waals surface area contributed by atoms with Crippen LogP contribution in [0.2, 0.25) is 0 Å². The summed E-state index contributed by atoms with van der Waals surface area (Å²) in [6.45, 7) is 6.96. The minimum Gasteiger partial charge on any atom is -0.308 e. The normalized spacial score (nSPS) is 30.4. The lowest BCUT2D eigenvalue weighted by Gasteiger charge is -2.36. The van der Waals surface area contributed by atoms with Crippen molar-refractivity contribution in [3.63, 3.8) is 0 Å². The topological polar surface area (TPSA) is 35.5 Å². The van der Waals surface area contributed by atoms with Gasteiger partial charge >= 0.3 is 7.60 Å². The molecule has 1 saturated carbocycles. The van der Waals surface area contributed by atoms with Crippen molar-refractivity contribution in [3.05, 3.63) is 0 Å². The van der Waals surface area contributed by atoms with Crippen LogP contribution in [0.4, 0.5) is 0 Å². The molecule has 0 N–H and O–H groups in total. The predicted octanol–water partition coefficient (Wildman–Crippen LogP) is 2.81. The van der Waals surface area contributed by atoms with E-state index in [4.69, 9.17) is 9.05 Å². The summed E-state index contributed by atoms with van der Waals surface area (Å²) in [5.74, 6) is 0. The van der Waals surface area contributed by atoms with Gasteiger partial charge in [0.05, 0.1) is 18.4 Å². The van der Waals surface area contributed by atoms with Gasteiger partial charge in [0.25, 0.3) is 0 Å². The van der Waals surface area contributed by atoms with Gasteiger partial charge in [-0.1, -0.05) is 0 Å². The van der Waals surface area contributed by atoms with Crippen LogP contribution in [0.15, 0.2) is 0 Å². The second-order valence-corrected chi connectivity index (χ2v) is 8.07. The van der Waals surface area contributed by atoms with Crippen molar-refractivity contribution in [2.45, 2.75) is 38.8 Å². The fraction of sp³-hybridized carbons (Fsp3) is 1.00. The molecule has 1 spiro atoms. The average Bonchev–Trinajstić information content (AvgIpc) is 2.75. The van der Waals surface area contributed by atoms with E-state index in [0.29, 0.717) is 13.2 Å². The van der Waals surface area contributed by atoms with E-state index in [-0.39, 0.29) is 10.6 Å². The van der Waals surface area contributed by atoms with Crippen molar-refractivity contribution >= 4 is 7.60 Å². The quantitative estimate of drug-likeness (QED) is 0.569. The largest absolute Gasteiger partial charge is 0.335 e. The fourth-order valence-electron chi connectivity index (χ4n) is 1.38. The van der Waals surface area contributed by atoms with E-state index >= 15 is 0 Å². The highest BCUT2D eigenvalue weighted by Gasteiger charge is 2.53. The van der Waals surface area contributed by atoms with E-state index in [0.717, 1.165) is 12.8 Å². The summed E-state index contributed by atoms with van der Waals surface area (Å²) in [5, 5.41) is -0.385. The summed E-state index contributed by atoms with van der Waals surface area (Å²) in [6.07, 6.45) is 2.33. The molecule has 1 heterocycles. The van der Waals surface area contributed by atoms with Gasteiger partial charge in [-0.2, -0.15) is 0 Å². The van der Waals surface area contributed by atoms with Gasteiger partial charge in [0.2, 0.25) is 0 Å². The molecule has 3 nitrogen and oxygen atoms in total. The second kappa shape index (κ2) is 2.59. The molecule has 0 radical (unpaired) electrons. The Bertz CT molecular complexity index is 249. The van der Waals surface area contributed by atoms with Gasteiger partial charge in [-0.15, -0.1) is 0 Å². The third kappa shape index (κ3) is 1.58. The SMILES string of the molecule is CC(C)(C)P1(=O)OCC2(CC2)CO1. The van der Waals surface area contributed by atoms with Crippen LogP contribution in [0.3, 0.4) is 0 Å². The first kappa shape index (κ1) is 9.70. The predicted molar refractivity (Wildman–Crippen MR) is 50.9 cm³/mol. The zero-order chi connectivity index (χ0) is 9.74. The molecule has 2 aliphatic rings. The van der Waals surface area contributed by atoms with Gasteiger partial charge in [0, 0.05) is 5.41 Å². The van der Waals surface area contributed by atoms with Crippen molar-refractivity contribution in [3.8, 4) is 0 Å². The minimum absolute atomic E-state index is 0.235. The Morgan fingerprint density at radius 3 is 1.92 bits per heavy atom. The third-order valence-corrected chi connectivity index (χ3v) is 5.44. The summed E-state index contributed by atoms with van der Waals surface area (Å²) in [6, 6.07) is 0. The van der Waals surface area contributed by atoms with Crippen LogP contribution in [0, 0.1) is 5.41 Å². The first-order chi connectivity index (χ1) is 5.87. The van der Waals surface area contributed by atoms with Gasteiger partial charge in [-0.05, 0) is 33.6 Å². The number of rotatable bonds is 0. The van der Waals surface area contributed by atoms with Crippen LogP contribution in [-0.4, -0.2) is 18.4 Å². The molecule has 2 rings (SSSR count). The molecule has 0 aromatic rings. The minimum atomic E-state index is -2.84. The molecular formula is C9H17O3P. The molecule has 0 bridgehead atoms. The molecular weight excluding hydrogens is 187 g/mol. The molecule has 2 fully saturated rings. The van der Waals surface area contributed by atoms with Crippen molar-refractivity contribution in [2.24, 2.45) is 5.41 Å². The van der Waals surface area contributed by atoms with E-state index in [1.54, 1.807) is 0 Å². The highest BCUT2D eigenvalue weighted by Crippen LogP contribution is 2.66. The Hall–Kier alpha value is 0.150. The van der Waals surface area contributed by atoms with E-state index in [2.05, 4.69) is 0 Å². The van der Waals surface area contributed by atoms with Crippen molar-refractivity contribution in [1.29, 1.82) is 0 Å². The molecule has 0 atom stereocenters. The zero-order valence-electron chi connectivity index (χ0n) is 8.50. The summed E-state index contributed by atoms with van der Waals surface area (Å²) in [5.41, 5.74) is 0.235. The molecule has 0 aromatic heterocycles. The first-order valence-corrected chi connectivity index (χ1v) is 6.31. The molecule has 0 amide bonds. The highest BCUT2D eigenvalue weighted by atomic mass is 31.2. The number of hydrogen-bond donors (Lipinski definition) is 0. The maximum Gasteiger partial charge on any atom is 0.335 e. The Kier molecular flexibility index (Phi) is 1.93. The van der Waals surface area contributed by atoms with Crippen molar-refractivity contribution in [1.82, 2.24) is 0 Å². The van der Waals surface area contributed by atoms with Gasteiger partial charge in [-0.3, -0.25) is 4.57 Å². The van der Waals surface area contributed by atoms with Crippen LogP contribution in [0.1, 0.15) is 33.6 Å². The Labute approximate surface area is 79.3 Å². The Balaban J connectivity index is 2.08. The van der Waals surface area contributed by atoms with Crippen LogP contribution >= 0.6 is 7.60 Å². The lowest BCUT2D eigenvalue weighted by Crippen LogP contribution is -2.29. The first-order valence-electron chi connectivity index (χ1n) is 4.76. The van der Waals surface area contributed by atoms with Gasteiger partial charge in [-0.25, -0.2) is 0 Å². The standard InChI is InChI=1S/C9H17O3P/c1-8(2,3)13(10)11-6-9(4-5-9)7-12-13/h4-7H2,1-3H3. The van der Waals surface area contributed by atoms with Crippen LogP contribution in [0.5, 0.6) is 0 Å². The second-order valence-electron chi connectivity index (χ2n) is 5.22. The van der Waals surface area contributed by atoms with E-state index in [1.807, 2.05) is 20.8 Å². The summed E-state index contributed by atoms with van der Waals surface area (Å²) >= 11 is 0. The monoisotopic (exact) mass is 204 g/mol. The molecule has 0 aromatic carbocycles. The molecule has 1 aliphatic carbocycles. The summed E-state index contributed by atoms with van der Waals surface area (Å²) in [4.78, 5) is 0. The van der Waals surface area contributed by atoms with Crippen LogP contribution in [-0.2, 0) is 13.6 Å². The van der Waals surface area contributed by atoms with E-state index in [9.17, 15) is 4.57 Å². The van der Waals surface area contributed by atoms with E-state index < -0.39 is 7.60 Å². The summed E-state index contributed by atoms with van der Waals surface area (Å²) in [7, 11) is -2.84. The van der Waals surface area contributed by atoms with Crippen LogP contribution in [0.25, 0.3) is 0 Å². The van der Waals surface area contributed by atoms with E-state index in [1.165, 1.54) is 0 Å². The highest BCUT2D eigenvalue weighted by molar-refractivity contribution is 7.55. The smallest absolute Gasteiger partial charge is 0.308 e. The maximum atomic E-state index is 12.1. The van der Waals surface area contributed by atoms with Gasteiger partial charge in [0.15, 0.2) is 0 Å². The van der Waals surface area contributed by atoms with Crippen molar-refractivity contribution in [2.75, 3.05) is 13.2 Å². The Morgan fingerprint density at radius 1 is 1.15 bits per heavy atom. The molecule has 4 heteroatoms. The Morgan fingerprint density at radius 2 is 1.62 bits per heavy atom. The van der Waals surface area contributed by atoms with Gasteiger partial charge < -0.3 is 9.05 Å². The molecule has 1 aliphatic heterocycles. The molecule has 1 saturated heterocycles.